The van der Waals surface area contributed by atoms with E-state index in [2.05, 4.69) is 0 Å². The van der Waals surface area contributed by atoms with Crippen molar-refractivity contribution in [3.63, 3.8) is 0 Å². The quantitative estimate of drug-likeness (QED) is 0.359. The predicted octanol–water partition coefficient (Wildman–Crippen LogP) is -1.74. The molecule has 4 nitrogen and oxygen atoms in total. The highest BCUT2D eigenvalue weighted by atomic mass is 28.4. The van der Waals surface area contributed by atoms with Gasteiger partial charge in [0.15, 0.2) is 0 Å². The Morgan fingerprint density at radius 2 is 1.89 bits per heavy atom. The fourth-order valence-electron chi connectivity index (χ4n) is 0.390. The van der Waals surface area contributed by atoms with E-state index in [1.807, 2.05) is 0 Å². The van der Waals surface area contributed by atoms with Gasteiger partial charge in [0, 0.05) is 11.7 Å². The molecule has 0 amide bonds. The van der Waals surface area contributed by atoms with E-state index in [0.29, 0.717) is 0 Å². The van der Waals surface area contributed by atoms with Gasteiger partial charge in [0.05, 0.1) is 0 Å². The first-order chi connectivity index (χ1) is 4.04. The lowest BCUT2D eigenvalue weighted by atomic mass is 10.5. The van der Waals surface area contributed by atoms with E-state index in [4.69, 9.17) is 21.1 Å². The molecule has 0 bridgehead atoms. The summed E-state index contributed by atoms with van der Waals surface area (Å²) in [5.41, 5.74) is 10.0. The van der Waals surface area contributed by atoms with Crippen LogP contribution in [0.4, 0.5) is 0 Å². The Bertz CT molecular complexity index is 88.6. The van der Waals surface area contributed by atoms with Crippen molar-refractivity contribution in [3.8, 4) is 0 Å². The summed E-state index contributed by atoms with van der Waals surface area (Å²) in [6, 6.07) is 0. The number of hydrogen-bond donors (Lipinski definition) is 4. The summed E-state index contributed by atoms with van der Waals surface area (Å²) in [4.78, 5) is 18.2. The van der Waals surface area contributed by atoms with Crippen LogP contribution in [-0.4, -0.2) is 30.9 Å². The van der Waals surface area contributed by atoms with Crippen molar-refractivity contribution in [2.45, 2.75) is 12.5 Å². The molecule has 0 rings (SSSR count). The van der Waals surface area contributed by atoms with Gasteiger partial charge in [-0.25, -0.2) is 0 Å². The maximum Gasteiger partial charge on any atom is 0.350 e. The van der Waals surface area contributed by atoms with Gasteiger partial charge in [0.1, 0.15) is 0 Å². The van der Waals surface area contributed by atoms with Crippen molar-refractivity contribution in [1.82, 2.24) is 0 Å². The summed E-state index contributed by atoms with van der Waals surface area (Å²) in [6.07, 6.45) is -0.0363. The largest absolute Gasteiger partial charge is 0.410 e. The molecule has 5 heteroatoms. The fraction of sp³-hybridized carbons (Fsp3) is 1.00. The molecule has 0 aromatic carbocycles. The molecule has 0 saturated carbocycles. The minimum absolute atomic E-state index is 0.0363. The van der Waals surface area contributed by atoms with Gasteiger partial charge >= 0.3 is 8.56 Å². The van der Waals surface area contributed by atoms with Gasteiger partial charge in [-0.2, -0.15) is 0 Å². The van der Waals surface area contributed by atoms with Gasteiger partial charge in [-0.05, 0) is 6.54 Å². The first-order valence-corrected chi connectivity index (χ1v) is 5.07. The molecule has 0 aliphatic heterocycles. The van der Waals surface area contributed by atoms with Gasteiger partial charge in [-0.3, -0.25) is 0 Å². The first-order valence-electron chi connectivity index (χ1n) is 2.89. The van der Waals surface area contributed by atoms with Crippen molar-refractivity contribution in [2.75, 3.05) is 12.7 Å². The Morgan fingerprint density at radius 1 is 1.44 bits per heavy atom. The van der Waals surface area contributed by atoms with Crippen LogP contribution in [0.25, 0.3) is 0 Å². The van der Waals surface area contributed by atoms with Crippen molar-refractivity contribution >= 4 is 8.56 Å². The van der Waals surface area contributed by atoms with Crippen LogP contribution in [0.5, 0.6) is 0 Å². The monoisotopic (exact) mass is 150 g/mol. The molecule has 0 saturated heterocycles. The summed E-state index contributed by atoms with van der Waals surface area (Å²) in [7, 11) is -3.13. The Labute approximate surface area is 55.7 Å². The molecular weight excluding hydrogens is 136 g/mol. The lowest BCUT2D eigenvalue weighted by Gasteiger charge is -2.21. The Kier molecular flexibility index (Phi) is 3.30. The van der Waals surface area contributed by atoms with E-state index in [1.54, 1.807) is 6.92 Å². The molecule has 0 radical (unpaired) electrons. The second-order valence-corrected chi connectivity index (χ2v) is 5.37. The van der Waals surface area contributed by atoms with Crippen molar-refractivity contribution in [2.24, 2.45) is 11.5 Å². The second-order valence-electron chi connectivity index (χ2n) is 2.22. The summed E-state index contributed by atoms with van der Waals surface area (Å²) in [6.45, 7) is 1.98. The third-order valence-electron chi connectivity index (χ3n) is 1.44. The average Bonchev–Trinajstić information content (AvgIpc) is 1.86. The molecule has 0 spiro atoms. The zero-order chi connectivity index (χ0) is 7.49. The Morgan fingerprint density at radius 3 is 2.00 bits per heavy atom. The molecule has 0 aromatic heterocycles. The third kappa shape index (κ3) is 2.42. The van der Waals surface area contributed by atoms with Crippen molar-refractivity contribution in [3.05, 3.63) is 0 Å². The van der Waals surface area contributed by atoms with Crippen LogP contribution in [0, 0.1) is 0 Å². The Balaban J connectivity index is 3.80. The lowest BCUT2D eigenvalue weighted by Crippen LogP contribution is -2.49. The fourth-order valence-corrected chi connectivity index (χ4v) is 1.17. The summed E-state index contributed by atoms with van der Waals surface area (Å²) in [5.74, 6) is 0. The zero-order valence-corrected chi connectivity index (χ0v) is 6.54. The minimum Gasteiger partial charge on any atom is -0.410 e. The molecule has 0 heterocycles. The van der Waals surface area contributed by atoms with E-state index in [1.165, 1.54) is 0 Å². The van der Waals surface area contributed by atoms with E-state index in [-0.39, 0.29) is 18.3 Å². The average molecular weight is 150 g/mol. The van der Waals surface area contributed by atoms with E-state index in [9.17, 15) is 0 Å². The van der Waals surface area contributed by atoms with Crippen molar-refractivity contribution in [1.29, 1.82) is 0 Å². The highest BCUT2D eigenvalue weighted by Gasteiger charge is 2.33. The summed E-state index contributed by atoms with van der Waals surface area (Å²) >= 11 is 0. The highest BCUT2D eigenvalue weighted by Crippen LogP contribution is 2.11. The topological polar surface area (TPSA) is 92.5 Å². The lowest BCUT2D eigenvalue weighted by molar-refractivity contribution is 0.343. The highest BCUT2D eigenvalue weighted by molar-refractivity contribution is 6.66. The normalized spacial score (nSPS) is 15.7. The number of hydrogen-bond acceptors (Lipinski definition) is 4. The molecule has 1 unspecified atom stereocenters. The maximum atomic E-state index is 9.08. The predicted molar refractivity (Wildman–Crippen MR) is 37.7 cm³/mol. The number of nitrogens with two attached hydrogens (primary N) is 2. The smallest absolute Gasteiger partial charge is 0.350 e. The third-order valence-corrected chi connectivity index (χ3v) is 3.86. The van der Waals surface area contributed by atoms with Crippen LogP contribution in [-0.2, 0) is 0 Å². The van der Waals surface area contributed by atoms with Crippen molar-refractivity contribution < 1.29 is 9.59 Å². The van der Waals surface area contributed by atoms with Gasteiger partial charge in [-0.15, -0.1) is 0 Å². The molecular formula is C4H14N2O2Si. The SMILES string of the molecule is CC(CN)[Si](O)(O)CN. The van der Waals surface area contributed by atoms with Gasteiger partial charge in [0.2, 0.25) is 0 Å². The van der Waals surface area contributed by atoms with Gasteiger partial charge in [0.25, 0.3) is 0 Å². The molecule has 0 fully saturated rings. The van der Waals surface area contributed by atoms with Crippen LogP contribution in [0.15, 0.2) is 0 Å². The van der Waals surface area contributed by atoms with E-state index < -0.39 is 8.56 Å². The number of rotatable bonds is 3. The molecule has 9 heavy (non-hydrogen) atoms. The first kappa shape index (κ1) is 9.06. The van der Waals surface area contributed by atoms with E-state index >= 15 is 0 Å². The van der Waals surface area contributed by atoms with E-state index in [0.717, 1.165) is 0 Å². The molecule has 0 aliphatic carbocycles. The molecule has 6 N–H and O–H groups in total. The Hall–Kier alpha value is 0.0569. The van der Waals surface area contributed by atoms with Gasteiger partial charge < -0.3 is 21.1 Å². The van der Waals surface area contributed by atoms with Crippen LogP contribution >= 0.6 is 0 Å². The van der Waals surface area contributed by atoms with Gasteiger partial charge in [-0.1, -0.05) is 6.92 Å². The summed E-state index contributed by atoms with van der Waals surface area (Å²) < 4.78 is 0. The summed E-state index contributed by atoms with van der Waals surface area (Å²) in [5, 5.41) is 0. The van der Waals surface area contributed by atoms with Crippen LogP contribution in [0.3, 0.4) is 0 Å². The second kappa shape index (κ2) is 3.28. The maximum absolute atomic E-state index is 9.08. The molecule has 0 aliphatic rings. The molecule has 0 aromatic rings. The minimum atomic E-state index is -3.13. The zero-order valence-electron chi connectivity index (χ0n) is 5.54. The standard InChI is InChI=1S/C4H14N2O2Si/c1-4(2-5)9(7,8)3-6/h4,7-8H,2-3,5-6H2,1H3. The molecule has 56 valence electrons. The van der Waals surface area contributed by atoms with Crippen LogP contribution in [0.1, 0.15) is 6.92 Å². The van der Waals surface area contributed by atoms with Crippen LogP contribution < -0.4 is 11.5 Å². The van der Waals surface area contributed by atoms with Crippen LogP contribution in [0.2, 0.25) is 5.54 Å². The molecule has 1 atom stereocenters.